The van der Waals surface area contributed by atoms with E-state index in [-0.39, 0.29) is 11.0 Å². The fourth-order valence-electron chi connectivity index (χ4n) is 1.91. The monoisotopic (exact) mass is 396 g/mol. The molecule has 7 heteroatoms. The van der Waals surface area contributed by atoms with E-state index in [0.29, 0.717) is 39.6 Å². The van der Waals surface area contributed by atoms with Crippen LogP contribution >= 0.6 is 35.4 Å². The highest BCUT2D eigenvalue weighted by Crippen LogP contribution is 2.25. The summed E-state index contributed by atoms with van der Waals surface area (Å²) < 4.78 is 5.63. The number of halogens is 2. The molecule has 0 fully saturated rings. The summed E-state index contributed by atoms with van der Waals surface area (Å²) in [5, 5.41) is 6.55. The summed E-state index contributed by atoms with van der Waals surface area (Å²) in [5.41, 5.74) is 1.01. The van der Waals surface area contributed by atoms with Gasteiger partial charge in [0.25, 0.3) is 5.91 Å². The van der Waals surface area contributed by atoms with Gasteiger partial charge in [-0.25, -0.2) is 0 Å². The van der Waals surface area contributed by atoms with Gasteiger partial charge in [-0.2, -0.15) is 0 Å². The molecule has 0 aliphatic carbocycles. The van der Waals surface area contributed by atoms with E-state index < -0.39 is 0 Å². The van der Waals surface area contributed by atoms with Gasteiger partial charge in [0.2, 0.25) is 0 Å². The topological polar surface area (TPSA) is 50.4 Å². The highest BCUT2D eigenvalue weighted by atomic mass is 35.5. The van der Waals surface area contributed by atoms with Crippen molar-refractivity contribution in [2.75, 3.05) is 11.9 Å². The summed E-state index contributed by atoms with van der Waals surface area (Å²) in [6.07, 6.45) is 0. The van der Waals surface area contributed by atoms with Crippen LogP contribution in [0.2, 0.25) is 10.0 Å². The quantitative estimate of drug-likeness (QED) is 0.685. The molecule has 25 heavy (non-hydrogen) atoms. The molecule has 1 amide bonds. The molecule has 0 saturated carbocycles. The normalized spacial score (nSPS) is 10.4. The van der Waals surface area contributed by atoms with E-state index in [2.05, 4.69) is 24.5 Å². The number of hydrogen-bond acceptors (Lipinski definition) is 3. The molecule has 0 bridgehead atoms. The molecule has 2 rings (SSSR count). The second-order valence-corrected chi connectivity index (χ2v) is 7.02. The largest absolute Gasteiger partial charge is 0.493 e. The number of carbonyl (C=O) groups excluding carboxylic acids is 1. The van der Waals surface area contributed by atoms with Crippen molar-refractivity contribution in [2.45, 2.75) is 13.8 Å². The van der Waals surface area contributed by atoms with Crippen LogP contribution in [0.4, 0.5) is 5.69 Å². The van der Waals surface area contributed by atoms with Gasteiger partial charge < -0.3 is 10.1 Å². The molecule has 2 aromatic rings. The zero-order valence-electron chi connectivity index (χ0n) is 13.8. The van der Waals surface area contributed by atoms with Crippen molar-refractivity contribution in [3.63, 3.8) is 0 Å². The number of hydrogen-bond donors (Lipinski definition) is 2. The Morgan fingerprint density at radius 2 is 1.96 bits per heavy atom. The van der Waals surface area contributed by atoms with Crippen LogP contribution in [0.15, 0.2) is 42.5 Å². The maximum atomic E-state index is 12.3. The van der Waals surface area contributed by atoms with E-state index in [1.54, 1.807) is 36.4 Å². The molecule has 4 nitrogen and oxygen atoms in total. The molecule has 0 radical (unpaired) electrons. The Labute approximate surface area is 162 Å². The number of benzene rings is 2. The van der Waals surface area contributed by atoms with E-state index in [0.717, 1.165) is 0 Å². The van der Waals surface area contributed by atoms with Crippen LogP contribution in [-0.4, -0.2) is 17.6 Å². The summed E-state index contributed by atoms with van der Waals surface area (Å²) in [4.78, 5) is 12.3. The van der Waals surface area contributed by atoms with Gasteiger partial charge in [-0.15, -0.1) is 0 Å². The minimum absolute atomic E-state index is 0.141. The summed E-state index contributed by atoms with van der Waals surface area (Å²) >= 11 is 17.1. The molecule has 2 N–H and O–H groups in total. The van der Waals surface area contributed by atoms with Gasteiger partial charge in [-0.1, -0.05) is 43.1 Å². The Balaban J connectivity index is 1.99. The first-order valence-electron chi connectivity index (χ1n) is 7.65. The maximum Gasteiger partial charge on any atom is 0.257 e. The molecule has 0 atom stereocenters. The Morgan fingerprint density at radius 1 is 1.20 bits per heavy atom. The number of carbonyl (C=O) groups is 1. The van der Waals surface area contributed by atoms with Crippen LogP contribution < -0.4 is 15.4 Å². The van der Waals surface area contributed by atoms with Gasteiger partial charge in [0.15, 0.2) is 5.11 Å². The van der Waals surface area contributed by atoms with Gasteiger partial charge in [0, 0.05) is 10.6 Å². The molecular formula is C18H18Cl2N2O2S. The number of amides is 1. The van der Waals surface area contributed by atoms with Crippen molar-refractivity contribution in [2.24, 2.45) is 5.92 Å². The van der Waals surface area contributed by atoms with Gasteiger partial charge >= 0.3 is 0 Å². The van der Waals surface area contributed by atoms with Crippen molar-refractivity contribution >= 4 is 52.1 Å². The third-order valence-electron chi connectivity index (χ3n) is 3.09. The van der Waals surface area contributed by atoms with Crippen LogP contribution in [0.25, 0.3) is 0 Å². The summed E-state index contributed by atoms with van der Waals surface area (Å²) in [5.74, 6) is 0.706. The lowest BCUT2D eigenvalue weighted by molar-refractivity contribution is 0.0977. The van der Waals surface area contributed by atoms with Gasteiger partial charge in [-0.3, -0.25) is 10.1 Å². The zero-order chi connectivity index (χ0) is 18.4. The van der Waals surface area contributed by atoms with E-state index in [4.69, 9.17) is 40.2 Å². The molecule has 0 unspecified atom stereocenters. The van der Waals surface area contributed by atoms with E-state index in [1.165, 1.54) is 0 Å². The SMILES string of the molecule is CC(C)COc1cccc(C(=O)NC(=S)Nc2ccc(Cl)cc2Cl)c1. The molecule has 0 saturated heterocycles. The molecule has 0 spiro atoms. The first-order valence-corrected chi connectivity index (χ1v) is 8.82. The Hall–Kier alpha value is -1.82. The molecule has 2 aromatic carbocycles. The number of rotatable bonds is 5. The number of anilines is 1. The minimum Gasteiger partial charge on any atom is -0.493 e. The Kier molecular flexibility index (Phi) is 7.05. The maximum absolute atomic E-state index is 12.3. The van der Waals surface area contributed by atoms with Crippen molar-refractivity contribution in [3.05, 3.63) is 58.1 Å². The molecular weight excluding hydrogens is 379 g/mol. The van der Waals surface area contributed by atoms with Crippen molar-refractivity contribution in [1.29, 1.82) is 0 Å². The predicted molar refractivity (Wildman–Crippen MR) is 107 cm³/mol. The highest BCUT2D eigenvalue weighted by molar-refractivity contribution is 7.80. The highest BCUT2D eigenvalue weighted by Gasteiger charge is 2.10. The average molecular weight is 397 g/mol. The molecule has 0 aliphatic heterocycles. The van der Waals surface area contributed by atoms with E-state index >= 15 is 0 Å². The lowest BCUT2D eigenvalue weighted by atomic mass is 10.2. The van der Waals surface area contributed by atoms with Crippen LogP contribution in [0.3, 0.4) is 0 Å². The Bertz CT molecular complexity index is 781. The van der Waals surface area contributed by atoms with E-state index in [9.17, 15) is 4.79 Å². The first-order chi connectivity index (χ1) is 11.8. The third-order valence-corrected chi connectivity index (χ3v) is 3.84. The number of ether oxygens (including phenoxy) is 1. The van der Waals surface area contributed by atoms with Gasteiger partial charge in [0.05, 0.1) is 17.3 Å². The number of nitrogens with one attached hydrogen (secondary N) is 2. The molecule has 0 aromatic heterocycles. The lowest BCUT2D eigenvalue weighted by Crippen LogP contribution is -2.34. The Morgan fingerprint density at radius 3 is 2.64 bits per heavy atom. The van der Waals surface area contributed by atoms with E-state index in [1.807, 2.05) is 6.07 Å². The van der Waals surface area contributed by atoms with Crippen LogP contribution in [-0.2, 0) is 0 Å². The molecule has 132 valence electrons. The predicted octanol–water partition coefficient (Wildman–Crippen LogP) is 5.16. The minimum atomic E-state index is -0.336. The van der Waals surface area contributed by atoms with Gasteiger partial charge in [-0.05, 0) is 54.5 Å². The smallest absolute Gasteiger partial charge is 0.257 e. The summed E-state index contributed by atoms with van der Waals surface area (Å²) in [6, 6.07) is 11.9. The van der Waals surface area contributed by atoms with Crippen molar-refractivity contribution < 1.29 is 9.53 Å². The summed E-state index contributed by atoms with van der Waals surface area (Å²) in [6.45, 7) is 4.70. The molecule has 0 heterocycles. The fraction of sp³-hybridized carbons (Fsp3) is 0.222. The standard InChI is InChI=1S/C18H18Cl2N2O2S/c1-11(2)10-24-14-5-3-4-12(8-14)17(23)22-18(25)21-16-7-6-13(19)9-15(16)20/h3-9,11H,10H2,1-2H3,(H2,21,22,23,25). The fourth-order valence-corrected chi connectivity index (χ4v) is 2.57. The van der Waals surface area contributed by atoms with Crippen LogP contribution in [0.5, 0.6) is 5.75 Å². The van der Waals surface area contributed by atoms with Crippen LogP contribution in [0.1, 0.15) is 24.2 Å². The van der Waals surface area contributed by atoms with Crippen molar-refractivity contribution in [3.8, 4) is 5.75 Å². The zero-order valence-corrected chi connectivity index (χ0v) is 16.1. The summed E-state index contributed by atoms with van der Waals surface area (Å²) in [7, 11) is 0. The first kappa shape index (κ1) is 19.5. The number of thiocarbonyl (C=S) groups is 1. The van der Waals surface area contributed by atoms with Gasteiger partial charge in [0.1, 0.15) is 5.75 Å². The van der Waals surface area contributed by atoms with Crippen LogP contribution in [0, 0.1) is 5.92 Å². The lowest BCUT2D eigenvalue weighted by Gasteiger charge is -2.12. The second-order valence-electron chi connectivity index (χ2n) is 5.77. The second kappa shape index (κ2) is 9.04. The third kappa shape index (κ3) is 6.20. The van der Waals surface area contributed by atoms with Crippen molar-refractivity contribution in [1.82, 2.24) is 5.32 Å². The average Bonchev–Trinajstić information content (AvgIpc) is 2.56. The molecule has 0 aliphatic rings.